The zero-order chi connectivity index (χ0) is 20.1. The summed E-state index contributed by atoms with van der Waals surface area (Å²) in [6.45, 7) is 0. The second-order valence-corrected chi connectivity index (χ2v) is 8.81. The molecular formula is C29H18N2. The summed E-state index contributed by atoms with van der Waals surface area (Å²) in [5, 5.41) is 3.89. The first kappa shape index (κ1) is 15.9. The van der Waals surface area contributed by atoms with Gasteiger partial charge >= 0.3 is 0 Å². The second-order valence-electron chi connectivity index (χ2n) is 8.81. The summed E-state index contributed by atoms with van der Waals surface area (Å²) in [6.07, 6.45) is 6.10. The predicted molar refractivity (Wildman–Crippen MR) is 127 cm³/mol. The van der Waals surface area contributed by atoms with Crippen molar-refractivity contribution >= 4 is 27.3 Å². The van der Waals surface area contributed by atoms with Gasteiger partial charge in [-0.2, -0.15) is 0 Å². The van der Waals surface area contributed by atoms with Crippen LogP contribution < -0.4 is 0 Å². The van der Waals surface area contributed by atoms with Crippen LogP contribution in [-0.4, -0.2) is 9.38 Å². The Bertz CT molecular complexity index is 1610. The van der Waals surface area contributed by atoms with Crippen LogP contribution in [0.2, 0.25) is 0 Å². The molecule has 0 saturated carbocycles. The van der Waals surface area contributed by atoms with Crippen molar-refractivity contribution in [3.63, 3.8) is 0 Å². The molecule has 2 nitrogen and oxygen atoms in total. The fraction of sp³-hybridized carbons (Fsp3) is 0.0690. The largest absolute Gasteiger partial charge is 0.299 e. The van der Waals surface area contributed by atoms with E-state index in [0.29, 0.717) is 0 Å². The van der Waals surface area contributed by atoms with E-state index in [1.165, 1.54) is 66.2 Å². The summed E-state index contributed by atoms with van der Waals surface area (Å²) < 4.78 is 2.33. The SMILES string of the molecule is c1ccc2c(c1)Cc1ccc3c4ccc5c(c4n4ccnc4c3c1-2)-c1ccccc1C5. The number of rotatable bonds is 0. The van der Waals surface area contributed by atoms with Gasteiger partial charge in [0, 0.05) is 28.7 Å². The number of fused-ring (bicyclic) bond motifs is 14. The highest BCUT2D eigenvalue weighted by atomic mass is 15.0. The highest BCUT2D eigenvalue weighted by Crippen LogP contribution is 2.47. The third-order valence-electron chi connectivity index (χ3n) is 7.29. The van der Waals surface area contributed by atoms with E-state index in [1.807, 2.05) is 6.20 Å². The van der Waals surface area contributed by atoms with Gasteiger partial charge in [0.2, 0.25) is 0 Å². The van der Waals surface area contributed by atoms with E-state index in [4.69, 9.17) is 4.98 Å². The molecule has 2 heterocycles. The number of nitrogens with zero attached hydrogens (tertiary/aromatic N) is 2. The summed E-state index contributed by atoms with van der Waals surface area (Å²) in [7, 11) is 0. The smallest absolute Gasteiger partial charge is 0.145 e. The molecule has 2 aliphatic carbocycles. The Labute approximate surface area is 179 Å². The maximum absolute atomic E-state index is 4.89. The zero-order valence-electron chi connectivity index (χ0n) is 16.9. The topological polar surface area (TPSA) is 17.3 Å². The van der Waals surface area contributed by atoms with Gasteiger partial charge in [0.1, 0.15) is 5.65 Å². The van der Waals surface area contributed by atoms with Crippen LogP contribution in [0.3, 0.4) is 0 Å². The monoisotopic (exact) mass is 394 g/mol. The van der Waals surface area contributed by atoms with E-state index < -0.39 is 0 Å². The Morgan fingerprint density at radius 2 is 1.26 bits per heavy atom. The zero-order valence-corrected chi connectivity index (χ0v) is 16.9. The number of pyridine rings is 1. The fourth-order valence-electron chi connectivity index (χ4n) is 6.02. The average Bonchev–Trinajstić information content (AvgIpc) is 3.52. The molecule has 0 spiro atoms. The van der Waals surface area contributed by atoms with Crippen LogP contribution in [0, 0.1) is 0 Å². The van der Waals surface area contributed by atoms with E-state index in [9.17, 15) is 0 Å². The Morgan fingerprint density at radius 3 is 2.03 bits per heavy atom. The van der Waals surface area contributed by atoms with Crippen molar-refractivity contribution in [2.24, 2.45) is 0 Å². The number of aromatic nitrogens is 2. The Morgan fingerprint density at radius 1 is 0.613 bits per heavy atom. The molecule has 144 valence electrons. The summed E-state index contributed by atoms with van der Waals surface area (Å²) in [4.78, 5) is 4.89. The van der Waals surface area contributed by atoms with Gasteiger partial charge in [0.05, 0.1) is 5.52 Å². The molecular weight excluding hydrogens is 376 g/mol. The molecule has 2 heteroatoms. The summed E-state index contributed by atoms with van der Waals surface area (Å²) in [5.41, 5.74) is 13.5. The molecule has 0 aliphatic heterocycles. The molecule has 0 N–H and O–H groups in total. The van der Waals surface area contributed by atoms with Crippen LogP contribution in [0.4, 0.5) is 0 Å². The molecule has 0 atom stereocenters. The van der Waals surface area contributed by atoms with Gasteiger partial charge < -0.3 is 0 Å². The molecule has 0 fully saturated rings. The normalized spacial score (nSPS) is 13.5. The van der Waals surface area contributed by atoms with Gasteiger partial charge in [-0.25, -0.2) is 4.98 Å². The van der Waals surface area contributed by atoms with Gasteiger partial charge in [0.15, 0.2) is 0 Å². The third-order valence-corrected chi connectivity index (χ3v) is 7.29. The molecule has 2 aromatic heterocycles. The number of hydrogen-bond acceptors (Lipinski definition) is 1. The molecule has 0 bridgehead atoms. The Kier molecular flexibility index (Phi) is 2.77. The lowest BCUT2D eigenvalue weighted by Gasteiger charge is -2.15. The maximum atomic E-state index is 4.89. The molecule has 31 heavy (non-hydrogen) atoms. The van der Waals surface area contributed by atoms with Gasteiger partial charge in [0.25, 0.3) is 0 Å². The van der Waals surface area contributed by atoms with Gasteiger partial charge in [-0.3, -0.25) is 4.40 Å². The van der Waals surface area contributed by atoms with Gasteiger partial charge in [-0.1, -0.05) is 72.8 Å². The minimum absolute atomic E-state index is 1.00. The van der Waals surface area contributed by atoms with Gasteiger partial charge in [-0.15, -0.1) is 0 Å². The standard InChI is InChI=1S/C29H18N2/c1-3-7-21-17(5-1)15-19-9-11-23-24-12-10-20-16-18-6-2-4-8-22(18)26(20)28(24)31-14-13-30-29(31)27(23)25(19)21/h1-14H,15-16H2. The number of imidazole rings is 1. The van der Waals surface area contributed by atoms with Crippen molar-refractivity contribution in [3.8, 4) is 22.3 Å². The maximum Gasteiger partial charge on any atom is 0.145 e. The number of benzene rings is 4. The van der Waals surface area contributed by atoms with Crippen LogP contribution in [0.5, 0.6) is 0 Å². The van der Waals surface area contributed by atoms with Crippen LogP contribution in [-0.2, 0) is 12.8 Å². The lowest BCUT2D eigenvalue weighted by atomic mass is 9.93. The van der Waals surface area contributed by atoms with Crippen molar-refractivity contribution in [3.05, 3.63) is 107 Å². The third kappa shape index (κ3) is 1.87. The van der Waals surface area contributed by atoms with Crippen LogP contribution in [0.1, 0.15) is 22.3 Å². The van der Waals surface area contributed by atoms with E-state index >= 15 is 0 Å². The molecule has 0 saturated heterocycles. The number of hydrogen-bond donors (Lipinski definition) is 0. The molecule has 0 unspecified atom stereocenters. The first-order valence-corrected chi connectivity index (χ1v) is 10.9. The molecule has 6 aromatic rings. The van der Waals surface area contributed by atoms with Crippen molar-refractivity contribution in [2.75, 3.05) is 0 Å². The highest BCUT2D eigenvalue weighted by Gasteiger charge is 2.26. The quantitative estimate of drug-likeness (QED) is 0.259. The van der Waals surface area contributed by atoms with Crippen LogP contribution in [0.25, 0.3) is 49.6 Å². The molecule has 0 amide bonds. The van der Waals surface area contributed by atoms with Crippen molar-refractivity contribution < 1.29 is 0 Å². The first-order valence-electron chi connectivity index (χ1n) is 10.9. The predicted octanol–water partition coefficient (Wildman–Crippen LogP) is 6.78. The van der Waals surface area contributed by atoms with Gasteiger partial charge in [-0.05, 0) is 57.2 Å². The average molecular weight is 394 g/mol. The fourth-order valence-corrected chi connectivity index (χ4v) is 6.02. The molecule has 2 aliphatic rings. The van der Waals surface area contributed by atoms with E-state index in [1.54, 1.807) is 0 Å². The molecule has 8 rings (SSSR count). The summed E-state index contributed by atoms with van der Waals surface area (Å²) in [5.74, 6) is 0. The van der Waals surface area contributed by atoms with Crippen molar-refractivity contribution in [2.45, 2.75) is 12.8 Å². The minimum atomic E-state index is 1.00. The molecule has 4 aromatic carbocycles. The van der Waals surface area contributed by atoms with Crippen molar-refractivity contribution in [1.29, 1.82) is 0 Å². The molecule has 0 radical (unpaired) electrons. The first-order chi connectivity index (χ1) is 15.4. The Balaban J connectivity index is 1.62. The van der Waals surface area contributed by atoms with Crippen molar-refractivity contribution in [1.82, 2.24) is 9.38 Å². The second kappa shape index (κ2) is 5.41. The lowest BCUT2D eigenvalue weighted by molar-refractivity contribution is 1.24. The van der Waals surface area contributed by atoms with E-state index in [-0.39, 0.29) is 0 Å². The van der Waals surface area contributed by atoms with E-state index in [2.05, 4.69) is 83.4 Å². The lowest BCUT2D eigenvalue weighted by Crippen LogP contribution is -1.96. The highest BCUT2D eigenvalue weighted by molar-refractivity contribution is 6.20. The minimum Gasteiger partial charge on any atom is -0.299 e. The Hall–Kier alpha value is -3.91. The summed E-state index contributed by atoms with van der Waals surface area (Å²) >= 11 is 0. The van der Waals surface area contributed by atoms with E-state index in [0.717, 1.165) is 18.5 Å². The summed E-state index contributed by atoms with van der Waals surface area (Å²) in [6, 6.07) is 27.0. The van der Waals surface area contributed by atoms with Crippen LogP contribution in [0.15, 0.2) is 85.2 Å². The van der Waals surface area contributed by atoms with Crippen LogP contribution >= 0.6 is 0 Å².